The van der Waals surface area contributed by atoms with Crippen LogP contribution in [0.3, 0.4) is 0 Å². The molecule has 10 heteroatoms. The molecule has 0 saturated heterocycles. The molecule has 0 aromatic heterocycles. The monoisotopic (exact) mass is 518 g/mol. The molecule has 0 aliphatic carbocycles. The fraction of sp³-hybridized carbons (Fsp3) is 0.0800. The second kappa shape index (κ2) is 9.59. The number of halogens is 4. The molecule has 0 bridgehead atoms. The molecule has 0 atom stereocenters. The lowest BCUT2D eigenvalue weighted by Crippen LogP contribution is -2.38. The van der Waals surface area contributed by atoms with E-state index in [1.54, 1.807) is 30.3 Å². The number of nitrogens with one attached hydrogen (secondary N) is 1. The van der Waals surface area contributed by atoms with Crippen LogP contribution in [0.2, 0.25) is 5.02 Å². The number of nitrogens with zero attached hydrogens (tertiary/aromatic N) is 1. The van der Waals surface area contributed by atoms with Crippen molar-refractivity contribution in [2.75, 3.05) is 16.2 Å². The Kier molecular flexibility index (Phi) is 6.73. The van der Waals surface area contributed by atoms with E-state index in [9.17, 15) is 26.4 Å². The van der Waals surface area contributed by atoms with E-state index in [1.807, 2.05) is 18.2 Å². The van der Waals surface area contributed by atoms with Crippen molar-refractivity contribution in [3.8, 4) is 0 Å². The third-order valence-electron chi connectivity index (χ3n) is 5.23. The Balaban J connectivity index is 1.75. The Morgan fingerprint density at radius 1 is 0.886 bits per heavy atom. The molecule has 4 aromatic carbocycles. The average molecular weight is 519 g/mol. The fourth-order valence-corrected chi connectivity index (χ4v) is 5.23. The van der Waals surface area contributed by atoms with Crippen LogP contribution in [0, 0.1) is 0 Å². The molecule has 0 radical (unpaired) electrons. The number of anilines is 2. The van der Waals surface area contributed by atoms with Gasteiger partial charge in [-0.3, -0.25) is 9.10 Å². The first kappa shape index (κ1) is 24.6. The van der Waals surface area contributed by atoms with Crippen LogP contribution in [0.15, 0.2) is 95.9 Å². The summed E-state index contributed by atoms with van der Waals surface area (Å²) in [5.74, 6) is -0.732. The van der Waals surface area contributed by atoms with Gasteiger partial charge in [0.05, 0.1) is 21.2 Å². The SMILES string of the molecule is O=C(CN(c1ccc(Cl)c(C(F)(F)F)c1)S(=O)(=O)c1ccccc1)Nc1cccc2ccccc12. The predicted octanol–water partition coefficient (Wildman–Crippen LogP) is 6.35. The highest BCUT2D eigenvalue weighted by Crippen LogP contribution is 2.38. The number of rotatable bonds is 6. The van der Waals surface area contributed by atoms with Gasteiger partial charge in [-0.15, -0.1) is 0 Å². The summed E-state index contributed by atoms with van der Waals surface area (Å²) >= 11 is 5.72. The van der Waals surface area contributed by atoms with Crippen LogP contribution in [0.4, 0.5) is 24.5 Å². The summed E-state index contributed by atoms with van der Waals surface area (Å²) in [4.78, 5) is 12.8. The molecule has 0 heterocycles. The van der Waals surface area contributed by atoms with Gasteiger partial charge in [-0.25, -0.2) is 8.42 Å². The highest BCUT2D eigenvalue weighted by Gasteiger charge is 2.35. The summed E-state index contributed by atoms with van der Waals surface area (Å²) in [5.41, 5.74) is -1.12. The number of hydrogen-bond donors (Lipinski definition) is 1. The van der Waals surface area contributed by atoms with Gasteiger partial charge < -0.3 is 5.32 Å². The Morgan fingerprint density at radius 2 is 1.54 bits per heavy atom. The minimum Gasteiger partial charge on any atom is -0.324 e. The van der Waals surface area contributed by atoms with E-state index >= 15 is 0 Å². The highest BCUT2D eigenvalue weighted by molar-refractivity contribution is 7.92. The van der Waals surface area contributed by atoms with E-state index in [0.717, 1.165) is 22.9 Å². The standard InChI is InChI=1S/C25H18ClF3N2O3S/c26-22-14-13-18(15-21(22)25(27,28)29)31(35(33,34)19-9-2-1-3-10-19)16-24(32)30-23-12-6-8-17-7-4-5-11-20(17)23/h1-15H,16H2,(H,30,32). The zero-order valence-corrected chi connectivity index (χ0v) is 19.5. The topological polar surface area (TPSA) is 66.5 Å². The van der Waals surface area contributed by atoms with Gasteiger partial charge in [-0.1, -0.05) is 66.2 Å². The molecule has 0 unspecified atom stereocenters. The molecule has 4 aromatic rings. The highest BCUT2D eigenvalue weighted by atomic mass is 35.5. The van der Waals surface area contributed by atoms with Crippen LogP contribution < -0.4 is 9.62 Å². The van der Waals surface area contributed by atoms with E-state index in [2.05, 4.69) is 5.32 Å². The molecule has 35 heavy (non-hydrogen) atoms. The van der Waals surface area contributed by atoms with Gasteiger partial charge in [-0.05, 0) is 41.8 Å². The molecule has 1 N–H and O–H groups in total. The van der Waals surface area contributed by atoms with Crippen molar-refractivity contribution in [1.29, 1.82) is 0 Å². The number of carbonyl (C=O) groups is 1. The first-order chi connectivity index (χ1) is 16.6. The molecule has 180 valence electrons. The lowest BCUT2D eigenvalue weighted by atomic mass is 10.1. The Labute approximate surface area is 204 Å². The molecule has 0 saturated carbocycles. The van der Waals surface area contributed by atoms with E-state index in [1.165, 1.54) is 24.3 Å². The van der Waals surface area contributed by atoms with E-state index in [-0.39, 0.29) is 10.6 Å². The maximum Gasteiger partial charge on any atom is 0.417 e. The van der Waals surface area contributed by atoms with Crippen molar-refractivity contribution in [1.82, 2.24) is 0 Å². The minimum absolute atomic E-state index is 0.179. The number of sulfonamides is 1. The van der Waals surface area contributed by atoms with Crippen molar-refractivity contribution in [2.45, 2.75) is 11.1 Å². The van der Waals surface area contributed by atoms with Crippen LogP contribution in [0.1, 0.15) is 5.56 Å². The Morgan fingerprint density at radius 3 is 2.26 bits per heavy atom. The molecule has 0 fully saturated rings. The predicted molar refractivity (Wildman–Crippen MR) is 130 cm³/mol. The summed E-state index contributed by atoms with van der Waals surface area (Å²) in [5, 5.41) is 3.67. The molecule has 1 amide bonds. The molecular formula is C25H18ClF3N2O3S. The maximum atomic E-state index is 13.5. The van der Waals surface area contributed by atoms with Crippen molar-refractivity contribution in [3.63, 3.8) is 0 Å². The fourth-order valence-electron chi connectivity index (χ4n) is 3.57. The quantitative estimate of drug-likeness (QED) is 0.323. The second-order valence-corrected chi connectivity index (χ2v) is 9.83. The number of alkyl halides is 3. The minimum atomic E-state index is -4.82. The number of fused-ring (bicyclic) bond motifs is 1. The first-order valence-corrected chi connectivity index (χ1v) is 12.1. The van der Waals surface area contributed by atoms with Gasteiger partial charge in [0.2, 0.25) is 5.91 Å². The number of benzene rings is 4. The van der Waals surface area contributed by atoms with Gasteiger partial charge in [-0.2, -0.15) is 13.2 Å². The van der Waals surface area contributed by atoms with E-state index < -0.39 is 39.2 Å². The third-order valence-corrected chi connectivity index (χ3v) is 7.34. The summed E-state index contributed by atoms with van der Waals surface area (Å²) in [6.45, 7) is -0.765. The van der Waals surface area contributed by atoms with Gasteiger partial charge in [0.15, 0.2) is 0 Å². The smallest absolute Gasteiger partial charge is 0.324 e. The Bertz CT molecular complexity index is 1490. The van der Waals surface area contributed by atoms with Crippen LogP contribution >= 0.6 is 11.6 Å². The number of hydrogen-bond acceptors (Lipinski definition) is 3. The van der Waals surface area contributed by atoms with Crippen LogP contribution in [0.5, 0.6) is 0 Å². The third kappa shape index (κ3) is 5.26. The molecular weight excluding hydrogens is 501 g/mol. The van der Waals surface area contributed by atoms with E-state index in [4.69, 9.17) is 11.6 Å². The van der Waals surface area contributed by atoms with Crippen molar-refractivity contribution < 1.29 is 26.4 Å². The van der Waals surface area contributed by atoms with Gasteiger partial charge in [0.25, 0.3) is 10.0 Å². The summed E-state index contributed by atoms with van der Waals surface area (Å²) in [7, 11) is -4.40. The van der Waals surface area contributed by atoms with Gasteiger partial charge in [0.1, 0.15) is 6.54 Å². The van der Waals surface area contributed by atoms with Crippen LogP contribution in [-0.2, 0) is 21.0 Å². The van der Waals surface area contributed by atoms with E-state index in [0.29, 0.717) is 16.1 Å². The maximum absolute atomic E-state index is 13.5. The molecule has 0 spiro atoms. The summed E-state index contributed by atoms with van der Waals surface area (Å²) in [6, 6.07) is 22.3. The normalized spacial score (nSPS) is 11.9. The number of amides is 1. The summed E-state index contributed by atoms with van der Waals surface area (Å²) in [6.07, 6.45) is -4.82. The second-order valence-electron chi connectivity index (χ2n) is 7.56. The summed E-state index contributed by atoms with van der Waals surface area (Å²) < 4.78 is 67.9. The largest absolute Gasteiger partial charge is 0.417 e. The van der Waals surface area contributed by atoms with Crippen LogP contribution in [-0.4, -0.2) is 20.9 Å². The average Bonchev–Trinajstić information content (AvgIpc) is 2.83. The van der Waals surface area contributed by atoms with Crippen molar-refractivity contribution >= 4 is 49.7 Å². The van der Waals surface area contributed by atoms with Crippen molar-refractivity contribution in [2.24, 2.45) is 0 Å². The zero-order valence-electron chi connectivity index (χ0n) is 18.0. The molecule has 4 rings (SSSR count). The lowest BCUT2D eigenvalue weighted by molar-refractivity contribution is -0.137. The van der Waals surface area contributed by atoms with Crippen molar-refractivity contribution in [3.05, 3.63) is 102 Å². The van der Waals surface area contributed by atoms with Gasteiger partial charge in [0, 0.05) is 11.1 Å². The molecule has 0 aliphatic rings. The zero-order chi connectivity index (χ0) is 25.2. The number of carbonyl (C=O) groups excluding carboxylic acids is 1. The molecule has 0 aliphatic heterocycles. The molecule has 5 nitrogen and oxygen atoms in total. The van der Waals surface area contributed by atoms with Gasteiger partial charge >= 0.3 is 6.18 Å². The lowest BCUT2D eigenvalue weighted by Gasteiger charge is -2.25. The van der Waals surface area contributed by atoms with Crippen LogP contribution in [0.25, 0.3) is 10.8 Å². The Hall–Kier alpha value is -3.56. The first-order valence-electron chi connectivity index (χ1n) is 10.3.